The topological polar surface area (TPSA) is 15.3 Å². The summed E-state index contributed by atoms with van der Waals surface area (Å²) in [6, 6.07) is 9.38. The number of hydrogen-bond acceptors (Lipinski definition) is 2. The molecule has 0 saturated carbocycles. The Morgan fingerprint density at radius 3 is 2.68 bits per heavy atom. The summed E-state index contributed by atoms with van der Waals surface area (Å²) in [7, 11) is 0. The maximum Gasteiger partial charge on any atom is 0.0412 e. The third kappa shape index (κ3) is 3.97. The van der Waals surface area contributed by atoms with Gasteiger partial charge in [0.15, 0.2) is 0 Å². The third-order valence-corrected chi connectivity index (χ3v) is 3.93. The quantitative estimate of drug-likeness (QED) is 0.885. The Kier molecular flexibility index (Phi) is 4.51. The molecule has 0 radical (unpaired) electrons. The van der Waals surface area contributed by atoms with Crippen molar-refractivity contribution in [1.82, 2.24) is 5.32 Å². The van der Waals surface area contributed by atoms with Gasteiger partial charge < -0.3 is 10.2 Å². The summed E-state index contributed by atoms with van der Waals surface area (Å²) in [5.41, 5.74) is 3.29. The second-order valence-corrected chi connectivity index (χ2v) is 6.85. The molecule has 1 heterocycles. The van der Waals surface area contributed by atoms with Gasteiger partial charge >= 0.3 is 0 Å². The van der Waals surface area contributed by atoms with Crippen LogP contribution >= 0.6 is 0 Å². The third-order valence-electron chi connectivity index (χ3n) is 3.93. The molecule has 1 fully saturated rings. The normalized spacial score (nSPS) is 18.9. The Balaban J connectivity index is 2.14. The Morgan fingerprint density at radius 1 is 1.26 bits per heavy atom. The van der Waals surface area contributed by atoms with Gasteiger partial charge in [-0.15, -0.1) is 0 Å². The molecule has 0 amide bonds. The highest BCUT2D eigenvalue weighted by molar-refractivity contribution is 5.54. The lowest BCUT2D eigenvalue weighted by Gasteiger charge is -2.40. The molecule has 2 nitrogen and oxygen atoms in total. The van der Waals surface area contributed by atoms with E-state index in [-0.39, 0.29) is 0 Å². The Morgan fingerprint density at radius 2 is 2.00 bits per heavy atom. The van der Waals surface area contributed by atoms with Gasteiger partial charge in [-0.25, -0.2) is 0 Å². The second kappa shape index (κ2) is 5.96. The summed E-state index contributed by atoms with van der Waals surface area (Å²) in [4.78, 5) is 2.57. The largest absolute Gasteiger partial charge is 0.371 e. The van der Waals surface area contributed by atoms with Gasteiger partial charge in [0.1, 0.15) is 0 Å². The van der Waals surface area contributed by atoms with E-state index in [0.717, 1.165) is 6.54 Å². The fourth-order valence-electron chi connectivity index (χ4n) is 2.91. The van der Waals surface area contributed by atoms with E-state index >= 15 is 0 Å². The number of anilines is 1. The molecule has 0 unspecified atom stereocenters. The predicted molar refractivity (Wildman–Crippen MR) is 83.6 cm³/mol. The fraction of sp³-hybridized carbons (Fsp3) is 0.647. The zero-order valence-corrected chi connectivity index (χ0v) is 12.9. The molecule has 19 heavy (non-hydrogen) atoms. The van der Waals surface area contributed by atoms with Gasteiger partial charge in [0, 0.05) is 31.4 Å². The van der Waals surface area contributed by atoms with Crippen LogP contribution in [0.1, 0.15) is 46.1 Å². The summed E-state index contributed by atoms with van der Waals surface area (Å²) < 4.78 is 0. The van der Waals surface area contributed by atoms with E-state index in [0.29, 0.717) is 11.5 Å². The lowest BCUT2D eigenvalue weighted by Crippen LogP contribution is -2.40. The fourth-order valence-corrected chi connectivity index (χ4v) is 2.91. The average Bonchev–Trinajstić information content (AvgIpc) is 2.35. The zero-order valence-electron chi connectivity index (χ0n) is 12.9. The molecule has 2 rings (SSSR count). The molecule has 1 saturated heterocycles. The Labute approximate surface area is 118 Å². The standard InChI is InChI=1S/C17H28N2/c1-14(2)18-12-15-8-5-6-9-16(15)19-11-7-10-17(3,4)13-19/h5-6,8-9,14,18H,7,10-13H2,1-4H3. The van der Waals surface area contributed by atoms with Crippen LogP contribution in [0.2, 0.25) is 0 Å². The zero-order chi connectivity index (χ0) is 13.9. The van der Waals surface area contributed by atoms with Gasteiger partial charge in [-0.05, 0) is 29.9 Å². The van der Waals surface area contributed by atoms with Crippen molar-refractivity contribution in [2.75, 3.05) is 18.0 Å². The smallest absolute Gasteiger partial charge is 0.0412 e. The molecule has 1 aliphatic rings. The molecule has 0 aliphatic carbocycles. The van der Waals surface area contributed by atoms with Gasteiger partial charge in [0.2, 0.25) is 0 Å². The van der Waals surface area contributed by atoms with Crippen molar-refractivity contribution < 1.29 is 0 Å². The lowest BCUT2D eigenvalue weighted by molar-refractivity contribution is 0.293. The maximum absolute atomic E-state index is 3.54. The van der Waals surface area contributed by atoms with E-state index in [1.54, 1.807) is 0 Å². The Hall–Kier alpha value is -1.02. The van der Waals surface area contributed by atoms with Crippen molar-refractivity contribution in [3.8, 4) is 0 Å². The minimum atomic E-state index is 0.441. The van der Waals surface area contributed by atoms with E-state index in [4.69, 9.17) is 0 Å². The van der Waals surface area contributed by atoms with Gasteiger partial charge in [-0.1, -0.05) is 45.9 Å². The van der Waals surface area contributed by atoms with Crippen LogP contribution in [0, 0.1) is 5.41 Å². The van der Waals surface area contributed by atoms with Crippen LogP contribution in [0.4, 0.5) is 5.69 Å². The number of benzene rings is 1. The van der Waals surface area contributed by atoms with Crippen LogP contribution in [-0.2, 0) is 6.54 Å². The van der Waals surface area contributed by atoms with Gasteiger partial charge in [0.25, 0.3) is 0 Å². The first-order valence-electron chi connectivity index (χ1n) is 7.54. The number of nitrogens with zero attached hydrogens (tertiary/aromatic N) is 1. The van der Waals surface area contributed by atoms with Crippen LogP contribution in [0.3, 0.4) is 0 Å². The molecule has 1 aromatic carbocycles. The van der Waals surface area contributed by atoms with Crippen LogP contribution in [0.25, 0.3) is 0 Å². The average molecular weight is 260 g/mol. The predicted octanol–water partition coefficient (Wildman–Crippen LogP) is 3.81. The molecule has 1 aliphatic heterocycles. The number of nitrogens with one attached hydrogen (secondary N) is 1. The van der Waals surface area contributed by atoms with Gasteiger partial charge in [0.05, 0.1) is 0 Å². The molecule has 0 atom stereocenters. The summed E-state index contributed by atoms with van der Waals surface area (Å²) in [5, 5.41) is 3.54. The highest BCUT2D eigenvalue weighted by atomic mass is 15.1. The van der Waals surface area contributed by atoms with Crippen molar-refractivity contribution in [3.63, 3.8) is 0 Å². The number of hydrogen-bond donors (Lipinski definition) is 1. The van der Waals surface area contributed by atoms with E-state index in [2.05, 4.69) is 62.2 Å². The first-order valence-corrected chi connectivity index (χ1v) is 7.54. The highest BCUT2D eigenvalue weighted by Crippen LogP contribution is 2.32. The first kappa shape index (κ1) is 14.4. The highest BCUT2D eigenvalue weighted by Gasteiger charge is 2.27. The monoisotopic (exact) mass is 260 g/mol. The van der Waals surface area contributed by atoms with Crippen molar-refractivity contribution in [2.45, 2.75) is 53.1 Å². The van der Waals surface area contributed by atoms with Gasteiger partial charge in [-0.3, -0.25) is 0 Å². The summed E-state index contributed by atoms with van der Waals surface area (Å²) in [6.07, 6.45) is 2.65. The maximum atomic E-state index is 3.54. The van der Waals surface area contributed by atoms with Crippen molar-refractivity contribution in [1.29, 1.82) is 0 Å². The molecule has 2 heteroatoms. The van der Waals surface area contributed by atoms with E-state index in [1.165, 1.54) is 37.2 Å². The van der Waals surface area contributed by atoms with E-state index in [1.807, 2.05) is 0 Å². The van der Waals surface area contributed by atoms with Crippen molar-refractivity contribution in [3.05, 3.63) is 29.8 Å². The second-order valence-electron chi connectivity index (χ2n) is 6.85. The van der Waals surface area contributed by atoms with E-state index < -0.39 is 0 Å². The lowest BCUT2D eigenvalue weighted by atomic mass is 9.84. The molecule has 0 spiro atoms. The summed E-state index contributed by atoms with van der Waals surface area (Å²) >= 11 is 0. The van der Waals surface area contributed by atoms with Crippen molar-refractivity contribution in [2.24, 2.45) is 5.41 Å². The van der Waals surface area contributed by atoms with Crippen LogP contribution in [0.5, 0.6) is 0 Å². The molecule has 0 bridgehead atoms. The van der Waals surface area contributed by atoms with Crippen LogP contribution < -0.4 is 10.2 Å². The summed E-state index contributed by atoms with van der Waals surface area (Å²) in [6.45, 7) is 12.5. The molecule has 0 aromatic heterocycles. The van der Waals surface area contributed by atoms with Crippen molar-refractivity contribution >= 4 is 5.69 Å². The number of rotatable bonds is 4. The first-order chi connectivity index (χ1) is 8.98. The molecule has 1 aromatic rings. The molecular formula is C17H28N2. The number of para-hydroxylation sites is 1. The summed E-state index contributed by atoms with van der Waals surface area (Å²) in [5.74, 6) is 0. The van der Waals surface area contributed by atoms with Gasteiger partial charge in [-0.2, -0.15) is 0 Å². The van der Waals surface area contributed by atoms with E-state index in [9.17, 15) is 0 Å². The minimum Gasteiger partial charge on any atom is -0.371 e. The molecular weight excluding hydrogens is 232 g/mol. The molecule has 106 valence electrons. The Bertz CT molecular complexity index is 409. The number of piperidine rings is 1. The molecule has 1 N–H and O–H groups in total. The SMILES string of the molecule is CC(C)NCc1ccccc1N1CCCC(C)(C)C1. The van der Waals surface area contributed by atoms with Crippen LogP contribution in [-0.4, -0.2) is 19.1 Å². The minimum absolute atomic E-state index is 0.441. The van der Waals surface area contributed by atoms with Crippen LogP contribution in [0.15, 0.2) is 24.3 Å².